The van der Waals surface area contributed by atoms with Crippen LogP contribution in [0.25, 0.3) is 0 Å². The van der Waals surface area contributed by atoms with Gasteiger partial charge in [0.25, 0.3) is 0 Å². The topological polar surface area (TPSA) is 29.5 Å². The molecule has 0 aliphatic rings. The lowest BCUT2D eigenvalue weighted by molar-refractivity contribution is -0.0177. The molecule has 2 heteroatoms. The first-order valence-electron chi connectivity index (χ1n) is 3.48. The molecule has 2 nitrogen and oxygen atoms in total. The fraction of sp³-hybridized carbons (Fsp3) is 1.00. The summed E-state index contributed by atoms with van der Waals surface area (Å²) in [4.78, 5) is 0. The van der Waals surface area contributed by atoms with Gasteiger partial charge in [0.1, 0.15) is 0 Å². The molecule has 2 atom stereocenters. The maximum absolute atomic E-state index is 8.92. The zero-order chi connectivity index (χ0) is 7.28. The maximum atomic E-state index is 8.92. The van der Waals surface area contributed by atoms with Crippen molar-refractivity contribution in [1.29, 1.82) is 0 Å². The lowest BCUT2D eigenvalue weighted by Crippen LogP contribution is -2.22. The van der Waals surface area contributed by atoms with Gasteiger partial charge in [-0.1, -0.05) is 6.92 Å². The van der Waals surface area contributed by atoms with E-state index in [1.165, 1.54) is 0 Å². The zero-order valence-electron chi connectivity index (χ0n) is 6.42. The average molecular weight is 132 g/mol. The SMILES string of the molecule is CCCOC(C)C(C)O. The highest BCUT2D eigenvalue weighted by Gasteiger charge is 2.06. The van der Waals surface area contributed by atoms with Crippen molar-refractivity contribution in [3.05, 3.63) is 0 Å². The third-order valence-corrected chi connectivity index (χ3v) is 1.26. The van der Waals surface area contributed by atoms with Crippen molar-refractivity contribution in [3.8, 4) is 0 Å². The van der Waals surface area contributed by atoms with E-state index < -0.39 is 0 Å². The van der Waals surface area contributed by atoms with Crippen molar-refractivity contribution in [2.24, 2.45) is 0 Å². The van der Waals surface area contributed by atoms with Gasteiger partial charge < -0.3 is 9.84 Å². The van der Waals surface area contributed by atoms with Crippen LogP contribution in [0.4, 0.5) is 0 Å². The molecule has 0 aromatic heterocycles. The summed E-state index contributed by atoms with van der Waals surface area (Å²) in [5.41, 5.74) is 0. The van der Waals surface area contributed by atoms with Gasteiger partial charge in [-0.3, -0.25) is 0 Å². The Balaban J connectivity index is 3.16. The predicted molar refractivity (Wildman–Crippen MR) is 37.4 cm³/mol. The smallest absolute Gasteiger partial charge is 0.0803 e. The van der Waals surface area contributed by atoms with Gasteiger partial charge in [0.05, 0.1) is 12.2 Å². The van der Waals surface area contributed by atoms with E-state index >= 15 is 0 Å². The molecule has 1 N–H and O–H groups in total. The molecular formula is C7H16O2. The lowest BCUT2D eigenvalue weighted by Gasteiger charge is -2.14. The van der Waals surface area contributed by atoms with E-state index in [1.807, 2.05) is 6.92 Å². The third-order valence-electron chi connectivity index (χ3n) is 1.26. The summed E-state index contributed by atoms with van der Waals surface area (Å²) in [5.74, 6) is 0. The number of aliphatic hydroxyl groups excluding tert-OH is 1. The summed E-state index contributed by atoms with van der Waals surface area (Å²) in [6, 6.07) is 0. The molecule has 0 aliphatic heterocycles. The van der Waals surface area contributed by atoms with Crippen LogP contribution in [-0.4, -0.2) is 23.9 Å². The van der Waals surface area contributed by atoms with E-state index in [1.54, 1.807) is 6.92 Å². The summed E-state index contributed by atoms with van der Waals surface area (Å²) >= 11 is 0. The van der Waals surface area contributed by atoms with Crippen molar-refractivity contribution < 1.29 is 9.84 Å². The van der Waals surface area contributed by atoms with Gasteiger partial charge in [0, 0.05) is 6.61 Å². The molecule has 0 amide bonds. The van der Waals surface area contributed by atoms with Crippen molar-refractivity contribution in [3.63, 3.8) is 0 Å². The van der Waals surface area contributed by atoms with E-state index in [2.05, 4.69) is 6.92 Å². The average Bonchev–Trinajstić information content (AvgIpc) is 1.82. The Morgan fingerprint density at radius 1 is 1.44 bits per heavy atom. The van der Waals surface area contributed by atoms with Crippen molar-refractivity contribution in [2.75, 3.05) is 6.61 Å². The molecule has 0 bridgehead atoms. The zero-order valence-corrected chi connectivity index (χ0v) is 6.42. The number of hydrogen-bond donors (Lipinski definition) is 1. The van der Waals surface area contributed by atoms with Gasteiger partial charge in [-0.2, -0.15) is 0 Å². The standard InChI is InChI=1S/C7H16O2/c1-4-5-9-7(3)6(2)8/h6-8H,4-5H2,1-3H3. The van der Waals surface area contributed by atoms with Crippen LogP contribution in [0.1, 0.15) is 27.2 Å². The molecule has 2 unspecified atom stereocenters. The highest BCUT2D eigenvalue weighted by atomic mass is 16.5. The van der Waals surface area contributed by atoms with Crippen molar-refractivity contribution in [1.82, 2.24) is 0 Å². The first-order chi connectivity index (χ1) is 4.18. The van der Waals surface area contributed by atoms with Gasteiger partial charge in [-0.25, -0.2) is 0 Å². The fourth-order valence-corrected chi connectivity index (χ4v) is 0.443. The summed E-state index contributed by atoms with van der Waals surface area (Å²) in [6.45, 7) is 6.40. The van der Waals surface area contributed by atoms with E-state index in [-0.39, 0.29) is 12.2 Å². The van der Waals surface area contributed by atoms with Gasteiger partial charge in [0.2, 0.25) is 0 Å². The second-order valence-electron chi connectivity index (χ2n) is 2.32. The van der Waals surface area contributed by atoms with Crippen molar-refractivity contribution in [2.45, 2.75) is 39.4 Å². The van der Waals surface area contributed by atoms with Crippen LogP contribution in [0.5, 0.6) is 0 Å². The molecular weight excluding hydrogens is 116 g/mol. The molecule has 0 saturated carbocycles. The number of rotatable bonds is 4. The normalized spacial score (nSPS) is 17.3. The van der Waals surface area contributed by atoms with Crippen LogP contribution in [-0.2, 0) is 4.74 Å². The number of ether oxygens (including phenoxy) is 1. The molecule has 9 heavy (non-hydrogen) atoms. The Kier molecular flexibility index (Phi) is 4.72. The van der Waals surface area contributed by atoms with Gasteiger partial charge in [-0.05, 0) is 20.3 Å². The summed E-state index contributed by atoms with van der Waals surface area (Å²) in [6.07, 6.45) is 0.637. The minimum atomic E-state index is -0.350. The Labute approximate surface area is 56.8 Å². The van der Waals surface area contributed by atoms with Crippen LogP contribution in [0.2, 0.25) is 0 Å². The minimum Gasteiger partial charge on any atom is -0.391 e. The van der Waals surface area contributed by atoms with Crippen LogP contribution >= 0.6 is 0 Å². The molecule has 0 spiro atoms. The van der Waals surface area contributed by atoms with Gasteiger partial charge >= 0.3 is 0 Å². The number of aliphatic hydroxyl groups is 1. The van der Waals surface area contributed by atoms with Crippen LogP contribution in [0.3, 0.4) is 0 Å². The van der Waals surface area contributed by atoms with E-state index in [0.29, 0.717) is 0 Å². The number of hydrogen-bond acceptors (Lipinski definition) is 2. The van der Waals surface area contributed by atoms with Gasteiger partial charge in [-0.15, -0.1) is 0 Å². The molecule has 0 fully saturated rings. The Bertz CT molecular complexity index is 61.9. The minimum absolute atomic E-state index is 0.0232. The lowest BCUT2D eigenvalue weighted by atomic mass is 10.3. The first-order valence-corrected chi connectivity index (χ1v) is 3.48. The van der Waals surface area contributed by atoms with E-state index in [9.17, 15) is 0 Å². The molecule has 0 aromatic carbocycles. The van der Waals surface area contributed by atoms with Crippen molar-refractivity contribution >= 4 is 0 Å². The molecule has 0 aliphatic carbocycles. The molecule has 0 radical (unpaired) electrons. The van der Waals surface area contributed by atoms with Crippen LogP contribution < -0.4 is 0 Å². The van der Waals surface area contributed by atoms with Crippen LogP contribution in [0.15, 0.2) is 0 Å². The molecule has 0 heterocycles. The monoisotopic (exact) mass is 132 g/mol. The summed E-state index contributed by atoms with van der Waals surface area (Å²) in [7, 11) is 0. The summed E-state index contributed by atoms with van der Waals surface area (Å²) in [5, 5.41) is 8.92. The van der Waals surface area contributed by atoms with E-state index in [0.717, 1.165) is 13.0 Å². The highest BCUT2D eigenvalue weighted by molar-refractivity contribution is 4.55. The third kappa shape index (κ3) is 4.43. The predicted octanol–water partition coefficient (Wildman–Crippen LogP) is 1.18. The maximum Gasteiger partial charge on any atom is 0.0803 e. The molecule has 0 rings (SSSR count). The summed E-state index contributed by atoms with van der Waals surface area (Å²) < 4.78 is 5.20. The second-order valence-corrected chi connectivity index (χ2v) is 2.32. The molecule has 56 valence electrons. The molecule has 0 aromatic rings. The highest BCUT2D eigenvalue weighted by Crippen LogP contribution is 1.97. The Hall–Kier alpha value is -0.0800. The Morgan fingerprint density at radius 2 is 2.00 bits per heavy atom. The second kappa shape index (κ2) is 4.77. The van der Waals surface area contributed by atoms with E-state index in [4.69, 9.17) is 9.84 Å². The Morgan fingerprint density at radius 3 is 2.33 bits per heavy atom. The quantitative estimate of drug-likeness (QED) is 0.622. The van der Waals surface area contributed by atoms with Crippen LogP contribution in [0, 0.1) is 0 Å². The largest absolute Gasteiger partial charge is 0.391 e. The first kappa shape index (κ1) is 8.92. The fourth-order valence-electron chi connectivity index (χ4n) is 0.443. The van der Waals surface area contributed by atoms with Gasteiger partial charge in [0.15, 0.2) is 0 Å². The molecule has 0 saturated heterocycles.